The second kappa shape index (κ2) is 6.41. The molecule has 0 spiro atoms. The average Bonchev–Trinajstić information content (AvgIpc) is 2.27. The summed E-state index contributed by atoms with van der Waals surface area (Å²) in [6.45, 7) is 10.9. The van der Waals surface area contributed by atoms with Crippen molar-refractivity contribution in [3.63, 3.8) is 0 Å². The zero-order chi connectivity index (χ0) is 13.8. The molecule has 0 aliphatic carbocycles. The Balaban J connectivity index is 2.84. The van der Waals surface area contributed by atoms with Crippen molar-refractivity contribution in [2.24, 2.45) is 5.92 Å². The Kier molecular flexibility index (Phi) is 5.45. The lowest BCUT2D eigenvalue weighted by atomic mass is 9.96. The molecular formula is C14H25N3S. The van der Waals surface area contributed by atoms with Crippen LogP contribution in [0.25, 0.3) is 0 Å². The van der Waals surface area contributed by atoms with E-state index in [-0.39, 0.29) is 5.41 Å². The fourth-order valence-electron chi connectivity index (χ4n) is 1.36. The molecule has 1 aromatic rings. The van der Waals surface area contributed by atoms with E-state index in [1.165, 1.54) is 6.42 Å². The predicted molar refractivity (Wildman–Crippen MR) is 80.5 cm³/mol. The first kappa shape index (κ1) is 15.3. The molecule has 0 saturated carbocycles. The number of rotatable bonds is 5. The zero-order valence-corrected chi connectivity index (χ0v) is 13.2. The van der Waals surface area contributed by atoms with E-state index >= 15 is 0 Å². The first-order valence-corrected chi connectivity index (χ1v) is 7.51. The van der Waals surface area contributed by atoms with Gasteiger partial charge in [0.25, 0.3) is 0 Å². The third kappa shape index (κ3) is 4.84. The van der Waals surface area contributed by atoms with E-state index in [0.717, 1.165) is 28.3 Å². The van der Waals surface area contributed by atoms with Crippen LogP contribution in [0.5, 0.6) is 0 Å². The molecule has 0 bridgehead atoms. The first-order valence-electron chi connectivity index (χ1n) is 6.53. The monoisotopic (exact) mass is 267 g/mol. The smallest absolute Gasteiger partial charge is 0.137 e. The van der Waals surface area contributed by atoms with Gasteiger partial charge in [0, 0.05) is 18.5 Å². The number of hydrogen-bond donors (Lipinski definition) is 1. The Bertz CT molecular complexity index is 383. The molecular weight excluding hydrogens is 242 g/mol. The van der Waals surface area contributed by atoms with Gasteiger partial charge >= 0.3 is 0 Å². The third-order valence-corrected chi connectivity index (χ3v) is 3.52. The summed E-state index contributed by atoms with van der Waals surface area (Å²) in [6.07, 6.45) is 1.22. The van der Waals surface area contributed by atoms with E-state index < -0.39 is 0 Å². The topological polar surface area (TPSA) is 37.8 Å². The quantitative estimate of drug-likeness (QED) is 0.647. The van der Waals surface area contributed by atoms with Gasteiger partial charge in [-0.2, -0.15) is 0 Å². The second-order valence-corrected chi connectivity index (χ2v) is 7.06. The standard InChI is InChI=1S/C14H25N3S/c1-10(2)7-8-18-12-9-11(15-6)16-13(17-12)14(3,4)5/h9-10H,7-8H2,1-6H3,(H,15,16,17). The summed E-state index contributed by atoms with van der Waals surface area (Å²) < 4.78 is 0. The van der Waals surface area contributed by atoms with E-state index in [0.29, 0.717) is 0 Å². The van der Waals surface area contributed by atoms with Crippen molar-refractivity contribution in [3.8, 4) is 0 Å². The van der Waals surface area contributed by atoms with Crippen molar-refractivity contribution in [2.75, 3.05) is 18.1 Å². The normalized spacial score (nSPS) is 11.9. The maximum absolute atomic E-state index is 4.66. The lowest BCUT2D eigenvalue weighted by Crippen LogP contribution is -2.17. The molecule has 0 amide bonds. The molecule has 1 N–H and O–H groups in total. The van der Waals surface area contributed by atoms with E-state index in [1.807, 2.05) is 24.9 Å². The number of thioether (sulfide) groups is 1. The van der Waals surface area contributed by atoms with Gasteiger partial charge in [0.1, 0.15) is 16.7 Å². The molecule has 0 aliphatic rings. The van der Waals surface area contributed by atoms with Crippen molar-refractivity contribution in [2.45, 2.75) is 51.5 Å². The van der Waals surface area contributed by atoms with Crippen LogP contribution in [-0.4, -0.2) is 22.8 Å². The number of aromatic nitrogens is 2. The van der Waals surface area contributed by atoms with Crippen LogP contribution in [0.3, 0.4) is 0 Å². The van der Waals surface area contributed by atoms with Crippen molar-refractivity contribution >= 4 is 17.6 Å². The molecule has 18 heavy (non-hydrogen) atoms. The lowest BCUT2D eigenvalue weighted by molar-refractivity contribution is 0.539. The number of hydrogen-bond acceptors (Lipinski definition) is 4. The van der Waals surface area contributed by atoms with Gasteiger partial charge in [0.15, 0.2) is 0 Å². The molecule has 0 saturated heterocycles. The molecule has 3 nitrogen and oxygen atoms in total. The molecule has 1 aromatic heterocycles. The summed E-state index contributed by atoms with van der Waals surface area (Å²) in [7, 11) is 1.90. The summed E-state index contributed by atoms with van der Waals surface area (Å²) in [5.41, 5.74) is -0.0137. The lowest BCUT2D eigenvalue weighted by Gasteiger charge is -2.18. The molecule has 102 valence electrons. The molecule has 0 aromatic carbocycles. The van der Waals surface area contributed by atoms with Crippen molar-refractivity contribution in [1.29, 1.82) is 0 Å². The van der Waals surface area contributed by atoms with E-state index in [2.05, 4.69) is 49.9 Å². The van der Waals surface area contributed by atoms with Gasteiger partial charge < -0.3 is 5.32 Å². The van der Waals surface area contributed by atoms with Crippen LogP contribution in [-0.2, 0) is 5.41 Å². The Morgan fingerprint density at radius 3 is 2.44 bits per heavy atom. The highest BCUT2D eigenvalue weighted by Crippen LogP contribution is 2.25. The molecule has 0 unspecified atom stereocenters. The van der Waals surface area contributed by atoms with E-state index in [4.69, 9.17) is 0 Å². The van der Waals surface area contributed by atoms with Gasteiger partial charge in [0.05, 0.1) is 0 Å². The van der Waals surface area contributed by atoms with Crippen LogP contribution in [0.4, 0.5) is 5.82 Å². The van der Waals surface area contributed by atoms with Crippen LogP contribution in [0.1, 0.15) is 46.9 Å². The molecule has 4 heteroatoms. The summed E-state index contributed by atoms with van der Waals surface area (Å²) in [5.74, 6) is 3.66. The van der Waals surface area contributed by atoms with Crippen molar-refractivity contribution in [1.82, 2.24) is 9.97 Å². The van der Waals surface area contributed by atoms with Gasteiger partial charge in [-0.05, 0) is 18.1 Å². The van der Waals surface area contributed by atoms with Gasteiger partial charge in [-0.25, -0.2) is 9.97 Å². The first-order chi connectivity index (χ1) is 8.32. The van der Waals surface area contributed by atoms with E-state index in [1.54, 1.807) is 0 Å². The van der Waals surface area contributed by atoms with Gasteiger partial charge in [-0.15, -0.1) is 11.8 Å². The minimum Gasteiger partial charge on any atom is -0.373 e. The largest absolute Gasteiger partial charge is 0.373 e. The van der Waals surface area contributed by atoms with Crippen LogP contribution in [0, 0.1) is 5.92 Å². The minimum atomic E-state index is -0.0137. The Morgan fingerprint density at radius 1 is 1.28 bits per heavy atom. The number of nitrogens with one attached hydrogen (secondary N) is 1. The SMILES string of the molecule is CNc1cc(SCCC(C)C)nc(C(C)(C)C)n1. The minimum absolute atomic E-state index is 0.0137. The maximum atomic E-state index is 4.66. The molecule has 0 radical (unpaired) electrons. The summed E-state index contributed by atoms with van der Waals surface area (Å²) >= 11 is 1.82. The van der Waals surface area contributed by atoms with Gasteiger partial charge in [-0.3, -0.25) is 0 Å². The predicted octanol–water partition coefficient (Wildman–Crippen LogP) is 3.95. The molecule has 1 heterocycles. The highest BCUT2D eigenvalue weighted by Gasteiger charge is 2.19. The van der Waals surface area contributed by atoms with Crippen molar-refractivity contribution < 1.29 is 0 Å². The summed E-state index contributed by atoms with van der Waals surface area (Å²) in [4.78, 5) is 9.19. The Labute approximate surface area is 115 Å². The Hall–Kier alpha value is -0.770. The van der Waals surface area contributed by atoms with Gasteiger partial charge in [-0.1, -0.05) is 34.6 Å². The average molecular weight is 267 g/mol. The van der Waals surface area contributed by atoms with Gasteiger partial charge in [0.2, 0.25) is 0 Å². The van der Waals surface area contributed by atoms with Crippen molar-refractivity contribution in [3.05, 3.63) is 11.9 Å². The molecule has 1 rings (SSSR count). The number of nitrogens with zero attached hydrogens (tertiary/aromatic N) is 2. The van der Waals surface area contributed by atoms with Crippen LogP contribution < -0.4 is 5.32 Å². The van der Waals surface area contributed by atoms with Crippen LogP contribution in [0.2, 0.25) is 0 Å². The second-order valence-electron chi connectivity index (χ2n) is 5.95. The summed E-state index contributed by atoms with van der Waals surface area (Å²) in [6, 6.07) is 2.03. The third-order valence-electron chi connectivity index (χ3n) is 2.57. The zero-order valence-electron chi connectivity index (χ0n) is 12.4. The summed E-state index contributed by atoms with van der Waals surface area (Å²) in [5, 5.41) is 4.18. The maximum Gasteiger partial charge on any atom is 0.137 e. The van der Waals surface area contributed by atoms with Crippen LogP contribution >= 0.6 is 11.8 Å². The highest BCUT2D eigenvalue weighted by atomic mass is 32.2. The van der Waals surface area contributed by atoms with Crippen LogP contribution in [0.15, 0.2) is 11.1 Å². The Morgan fingerprint density at radius 2 is 1.94 bits per heavy atom. The van der Waals surface area contributed by atoms with E-state index in [9.17, 15) is 0 Å². The fourth-order valence-corrected chi connectivity index (χ4v) is 2.51. The highest BCUT2D eigenvalue weighted by molar-refractivity contribution is 7.99. The molecule has 0 aliphatic heterocycles. The number of anilines is 1. The molecule has 0 atom stereocenters. The fraction of sp³-hybridized carbons (Fsp3) is 0.714. The molecule has 0 fully saturated rings.